The number of carbonyl (C=O) groups excluding carboxylic acids is 1. The highest BCUT2D eigenvalue weighted by Gasteiger charge is 2.07. The fourth-order valence-corrected chi connectivity index (χ4v) is 1.93. The summed E-state index contributed by atoms with van der Waals surface area (Å²) in [6.45, 7) is 1.99. The zero-order chi connectivity index (χ0) is 13.8. The van der Waals surface area contributed by atoms with Crippen LogP contribution in [0.2, 0.25) is 5.02 Å². The number of rotatable bonds is 3. The fraction of sp³-hybridized carbons (Fsp3) is 0.133. The first-order chi connectivity index (χ1) is 9.06. The van der Waals surface area contributed by atoms with Gasteiger partial charge in [-0.25, -0.2) is 0 Å². The SMILES string of the molecule is Cc1ccccc1CC(=O)Nc1ccc(Cl)c(N)c1. The lowest BCUT2D eigenvalue weighted by Gasteiger charge is -2.08. The summed E-state index contributed by atoms with van der Waals surface area (Å²) in [5.74, 6) is -0.0731. The average molecular weight is 275 g/mol. The number of aryl methyl sites for hydroxylation is 1. The van der Waals surface area contributed by atoms with Crippen molar-refractivity contribution >= 4 is 28.9 Å². The molecule has 0 atom stereocenters. The van der Waals surface area contributed by atoms with E-state index < -0.39 is 0 Å². The second-order valence-corrected chi connectivity index (χ2v) is 4.79. The molecule has 2 aromatic rings. The maximum absolute atomic E-state index is 11.9. The molecule has 0 bridgehead atoms. The third kappa shape index (κ3) is 3.48. The average Bonchev–Trinajstić information content (AvgIpc) is 2.37. The third-order valence-corrected chi connectivity index (χ3v) is 3.24. The van der Waals surface area contributed by atoms with Gasteiger partial charge in [0.15, 0.2) is 0 Å². The minimum Gasteiger partial charge on any atom is -0.397 e. The topological polar surface area (TPSA) is 55.1 Å². The molecule has 2 rings (SSSR count). The van der Waals surface area contributed by atoms with Crippen LogP contribution in [0.3, 0.4) is 0 Å². The fourth-order valence-electron chi connectivity index (χ4n) is 1.81. The van der Waals surface area contributed by atoms with E-state index in [2.05, 4.69) is 5.32 Å². The number of hydrogen-bond acceptors (Lipinski definition) is 2. The van der Waals surface area contributed by atoms with Crippen LogP contribution in [0.5, 0.6) is 0 Å². The number of nitrogens with two attached hydrogens (primary N) is 1. The van der Waals surface area contributed by atoms with E-state index in [1.54, 1.807) is 18.2 Å². The number of halogens is 1. The quantitative estimate of drug-likeness (QED) is 0.843. The van der Waals surface area contributed by atoms with Crippen LogP contribution in [0.1, 0.15) is 11.1 Å². The van der Waals surface area contributed by atoms with Gasteiger partial charge in [-0.2, -0.15) is 0 Å². The van der Waals surface area contributed by atoms with Crippen molar-refractivity contribution in [3.63, 3.8) is 0 Å². The molecule has 0 saturated carbocycles. The Labute approximate surface area is 117 Å². The van der Waals surface area contributed by atoms with Crippen LogP contribution in [0, 0.1) is 6.92 Å². The van der Waals surface area contributed by atoms with E-state index >= 15 is 0 Å². The van der Waals surface area contributed by atoms with Crippen molar-refractivity contribution in [3.8, 4) is 0 Å². The lowest BCUT2D eigenvalue weighted by Crippen LogP contribution is -2.15. The molecule has 0 aliphatic heterocycles. The molecule has 19 heavy (non-hydrogen) atoms. The Hall–Kier alpha value is -2.00. The first-order valence-electron chi connectivity index (χ1n) is 5.95. The highest BCUT2D eigenvalue weighted by Crippen LogP contribution is 2.22. The Bertz CT molecular complexity index is 611. The number of carbonyl (C=O) groups is 1. The number of nitrogens with one attached hydrogen (secondary N) is 1. The molecular weight excluding hydrogens is 260 g/mol. The van der Waals surface area contributed by atoms with E-state index in [0.717, 1.165) is 11.1 Å². The molecule has 0 radical (unpaired) electrons. The number of amides is 1. The molecule has 0 aliphatic carbocycles. The monoisotopic (exact) mass is 274 g/mol. The van der Waals surface area contributed by atoms with Crippen LogP contribution in [0.15, 0.2) is 42.5 Å². The first kappa shape index (κ1) is 13.4. The third-order valence-electron chi connectivity index (χ3n) is 2.89. The van der Waals surface area contributed by atoms with Gasteiger partial charge in [-0.15, -0.1) is 0 Å². The zero-order valence-corrected chi connectivity index (χ0v) is 11.4. The van der Waals surface area contributed by atoms with Crippen molar-refractivity contribution in [2.75, 3.05) is 11.1 Å². The smallest absolute Gasteiger partial charge is 0.228 e. The number of nitrogen functional groups attached to an aromatic ring is 1. The van der Waals surface area contributed by atoms with Gasteiger partial charge in [-0.3, -0.25) is 4.79 Å². The van der Waals surface area contributed by atoms with Gasteiger partial charge in [-0.1, -0.05) is 35.9 Å². The van der Waals surface area contributed by atoms with Gasteiger partial charge in [0, 0.05) is 5.69 Å². The molecule has 2 aromatic carbocycles. The molecule has 3 nitrogen and oxygen atoms in total. The largest absolute Gasteiger partial charge is 0.397 e. The Morgan fingerprint density at radius 3 is 2.68 bits per heavy atom. The highest BCUT2D eigenvalue weighted by atomic mass is 35.5. The number of hydrogen-bond donors (Lipinski definition) is 2. The minimum absolute atomic E-state index is 0.0731. The minimum atomic E-state index is -0.0731. The summed E-state index contributed by atoms with van der Waals surface area (Å²) in [6.07, 6.45) is 0.342. The summed E-state index contributed by atoms with van der Waals surface area (Å²) in [5.41, 5.74) is 8.92. The van der Waals surface area contributed by atoms with Crippen molar-refractivity contribution in [1.29, 1.82) is 0 Å². The van der Waals surface area contributed by atoms with E-state index in [1.165, 1.54) is 0 Å². The number of benzene rings is 2. The summed E-state index contributed by atoms with van der Waals surface area (Å²) in [7, 11) is 0. The summed E-state index contributed by atoms with van der Waals surface area (Å²) in [6, 6.07) is 12.9. The van der Waals surface area contributed by atoms with E-state index in [9.17, 15) is 4.79 Å². The van der Waals surface area contributed by atoms with E-state index in [1.807, 2.05) is 31.2 Å². The Balaban J connectivity index is 2.05. The highest BCUT2D eigenvalue weighted by molar-refractivity contribution is 6.33. The molecule has 0 aliphatic rings. The molecule has 1 amide bonds. The summed E-state index contributed by atoms with van der Waals surface area (Å²) >= 11 is 5.83. The molecule has 3 N–H and O–H groups in total. The molecule has 0 saturated heterocycles. The van der Waals surface area contributed by atoms with Crippen molar-refractivity contribution in [1.82, 2.24) is 0 Å². The van der Waals surface area contributed by atoms with E-state index in [-0.39, 0.29) is 5.91 Å². The van der Waals surface area contributed by atoms with Gasteiger partial charge < -0.3 is 11.1 Å². The Morgan fingerprint density at radius 1 is 1.26 bits per heavy atom. The van der Waals surface area contributed by atoms with Crippen LogP contribution in [0.4, 0.5) is 11.4 Å². The van der Waals surface area contributed by atoms with Crippen molar-refractivity contribution in [2.45, 2.75) is 13.3 Å². The molecular formula is C15H15ClN2O. The molecule has 0 unspecified atom stereocenters. The molecule has 0 fully saturated rings. The van der Waals surface area contributed by atoms with Crippen molar-refractivity contribution < 1.29 is 4.79 Å². The predicted molar refractivity (Wildman–Crippen MR) is 79.4 cm³/mol. The number of anilines is 2. The van der Waals surface area contributed by atoms with Crippen molar-refractivity contribution in [3.05, 3.63) is 58.6 Å². The summed E-state index contributed by atoms with van der Waals surface area (Å²) in [5, 5.41) is 3.29. The van der Waals surface area contributed by atoms with Gasteiger partial charge >= 0.3 is 0 Å². The van der Waals surface area contributed by atoms with Gasteiger partial charge in [0.1, 0.15) is 0 Å². The van der Waals surface area contributed by atoms with Crippen LogP contribution in [-0.4, -0.2) is 5.91 Å². The standard InChI is InChI=1S/C15H15ClN2O/c1-10-4-2-3-5-11(10)8-15(19)18-12-6-7-13(16)14(17)9-12/h2-7,9H,8,17H2,1H3,(H,18,19). The molecule has 0 spiro atoms. The lowest BCUT2D eigenvalue weighted by atomic mass is 10.1. The normalized spacial score (nSPS) is 10.2. The van der Waals surface area contributed by atoms with Crippen LogP contribution >= 0.6 is 11.6 Å². The Morgan fingerprint density at radius 2 is 2.00 bits per heavy atom. The van der Waals surface area contributed by atoms with Crippen LogP contribution in [0.25, 0.3) is 0 Å². The van der Waals surface area contributed by atoms with Gasteiger partial charge in [-0.05, 0) is 36.2 Å². The lowest BCUT2D eigenvalue weighted by molar-refractivity contribution is -0.115. The molecule has 4 heteroatoms. The molecule has 98 valence electrons. The van der Waals surface area contributed by atoms with Gasteiger partial charge in [0.05, 0.1) is 17.1 Å². The zero-order valence-electron chi connectivity index (χ0n) is 10.6. The van der Waals surface area contributed by atoms with Crippen molar-refractivity contribution in [2.24, 2.45) is 0 Å². The second-order valence-electron chi connectivity index (χ2n) is 4.39. The van der Waals surface area contributed by atoms with Crippen LogP contribution < -0.4 is 11.1 Å². The van der Waals surface area contributed by atoms with E-state index in [0.29, 0.717) is 22.8 Å². The predicted octanol–water partition coefficient (Wildman–Crippen LogP) is 3.41. The maximum atomic E-state index is 11.9. The Kier molecular flexibility index (Phi) is 4.07. The first-order valence-corrected chi connectivity index (χ1v) is 6.33. The van der Waals surface area contributed by atoms with Gasteiger partial charge in [0.25, 0.3) is 0 Å². The van der Waals surface area contributed by atoms with Crippen LogP contribution in [-0.2, 0) is 11.2 Å². The maximum Gasteiger partial charge on any atom is 0.228 e. The molecule has 0 heterocycles. The summed E-state index contributed by atoms with van der Waals surface area (Å²) < 4.78 is 0. The van der Waals surface area contributed by atoms with E-state index in [4.69, 9.17) is 17.3 Å². The second kappa shape index (κ2) is 5.76. The molecule has 0 aromatic heterocycles. The van der Waals surface area contributed by atoms with Gasteiger partial charge in [0.2, 0.25) is 5.91 Å². The summed E-state index contributed by atoms with van der Waals surface area (Å²) in [4.78, 5) is 11.9.